The molecule has 17 heavy (non-hydrogen) atoms. The fourth-order valence-corrected chi connectivity index (χ4v) is 2.81. The van der Waals surface area contributed by atoms with E-state index in [0.717, 1.165) is 5.56 Å². The third kappa shape index (κ3) is 2.68. The van der Waals surface area contributed by atoms with Crippen LogP contribution in [0.25, 0.3) is 0 Å². The second kappa shape index (κ2) is 5.16. The lowest BCUT2D eigenvalue weighted by atomic mass is 9.90. The maximum absolute atomic E-state index is 12.1. The molecule has 1 amide bonds. The number of carbonyl (C=O) groups excluding carboxylic acids is 1. The second-order valence-corrected chi connectivity index (χ2v) is 5.22. The molecule has 0 aromatic carbocycles. The largest absolute Gasteiger partial charge is 0.394 e. The Hall–Kier alpha value is -0.910. The van der Waals surface area contributed by atoms with E-state index in [1.165, 1.54) is 11.3 Å². The zero-order valence-corrected chi connectivity index (χ0v) is 10.7. The zero-order chi connectivity index (χ0) is 12.3. The van der Waals surface area contributed by atoms with Crippen molar-refractivity contribution in [2.75, 3.05) is 19.8 Å². The number of nitrogens with one attached hydrogen (secondary N) is 1. The summed E-state index contributed by atoms with van der Waals surface area (Å²) in [5.41, 5.74) is 1.17. The predicted octanol–water partition coefficient (Wildman–Crippen LogP) is 1.33. The molecule has 5 heteroatoms. The van der Waals surface area contributed by atoms with Crippen LogP contribution in [0.5, 0.6) is 0 Å². The highest BCUT2D eigenvalue weighted by molar-refractivity contribution is 7.08. The Labute approximate surface area is 105 Å². The van der Waals surface area contributed by atoms with Crippen LogP contribution in [-0.2, 0) is 4.74 Å². The molecular formula is C12H17NO3S. The number of aryl methyl sites for hydroxylation is 1. The summed E-state index contributed by atoms with van der Waals surface area (Å²) >= 11 is 1.52. The summed E-state index contributed by atoms with van der Waals surface area (Å²) in [4.78, 5) is 12.1. The van der Waals surface area contributed by atoms with Crippen LogP contribution in [0.15, 0.2) is 10.8 Å². The van der Waals surface area contributed by atoms with Gasteiger partial charge in [0, 0.05) is 18.6 Å². The van der Waals surface area contributed by atoms with Gasteiger partial charge in [0.05, 0.1) is 17.7 Å². The summed E-state index contributed by atoms with van der Waals surface area (Å²) < 4.78 is 5.26. The summed E-state index contributed by atoms with van der Waals surface area (Å²) in [7, 11) is 0. The van der Waals surface area contributed by atoms with Gasteiger partial charge in [-0.1, -0.05) is 0 Å². The third-order valence-electron chi connectivity index (χ3n) is 3.23. The Morgan fingerprint density at radius 2 is 2.24 bits per heavy atom. The number of carbonyl (C=O) groups is 1. The first-order valence-corrected chi connectivity index (χ1v) is 6.65. The van der Waals surface area contributed by atoms with Crippen molar-refractivity contribution in [1.29, 1.82) is 0 Å². The molecule has 2 rings (SSSR count). The normalized spacial score (nSPS) is 18.9. The first kappa shape index (κ1) is 12.5. The maximum atomic E-state index is 12.1. The van der Waals surface area contributed by atoms with Gasteiger partial charge in [-0.2, -0.15) is 11.3 Å². The molecular weight excluding hydrogens is 238 g/mol. The van der Waals surface area contributed by atoms with Gasteiger partial charge in [0.2, 0.25) is 0 Å². The number of aliphatic hydroxyl groups is 1. The van der Waals surface area contributed by atoms with Gasteiger partial charge in [-0.25, -0.2) is 0 Å². The van der Waals surface area contributed by atoms with E-state index < -0.39 is 5.54 Å². The fraction of sp³-hybridized carbons (Fsp3) is 0.583. The molecule has 1 aliphatic rings. The van der Waals surface area contributed by atoms with Gasteiger partial charge in [0.1, 0.15) is 0 Å². The summed E-state index contributed by atoms with van der Waals surface area (Å²) in [6.07, 6.45) is 1.33. The summed E-state index contributed by atoms with van der Waals surface area (Å²) in [6, 6.07) is 0. The minimum atomic E-state index is -0.510. The third-order valence-corrected chi connectivity index (χ3v) is 4.09. The van der Waals surface area contributed by atoms with Crippen LogP contribution in [-0.4, -0.2) is 36.4 Å². The van der Waals surface area contributed by atoms with E-state index in [2.05, 4.69) is 5.32 Å². The van der Waals surface area contributed by atoms with Crippen molar-refractivity contribution in [2.45, 2.75) is 25.3 Å². The number of ether oxygens (including phenoxy) is 1. The van der Waals surface area contributed by atoms with Gasteiger partial charge >= 0.3 is 0 Å². The van der Waals surface area contributed by atoms with Crippen molar-refractivity contribution in [1.82, 2.24) is 5.32 Å². The lowest BCUT2D eigenvalue weighted by molar-refractivity contribution is 0.0125. The maximum Gasteiger partial charge on any atom is 0.252 e. The van der Waals surface area contributed by atoms with E-state index >= 15 is 0 Å². The summed E-state index contributed by atoms with van der Waals surface area (Å²) in [5, 5.41) is 16.2. The average molecular weight is 255 g/mol. The van der Waals surface area contributed by atoms with E-state index in [1.54, 1.807) is 0 Å². The Bertz CT molecular complexity index is 396. The van der Waals surface area contributed by atoms with Crippen molar-refractivity contribution in [2.24, 2.45) is 0 Å². The van der Waals surface area contributed by atoms with Crippen LogP contribution in [0.3, 0.4) is 0 Å². The second-order valence-electron chi connectivity index (χ2n) is 4.47. The minimum absolute atomic E-state index is 0.0364. The van der Waals surface area contributed by atoms with E-state index in [4.69, 9.17) is 4.74 Å². The highest BCUT2D eigenvalue weighted by atomic mass is 32.1. The molecule has 0 atom stereocenters. The standard InChI is InChI=1S/C12H17NO3S/c1-9-6-17-7-10(9)11(15)13-12(8-14)2-4-16-5-3-12/h6-7,14H,2-5,8H2,1H3,(H,13,15). The molecule has 2 heterocycles. The van der Waals surface area contributed by atoms with Gasteiger partial charge in [-0.05, 0) is 30.7 Å². The molecule has 1 aromatic rings. The van der Waals surface area contributed by atoms with Crippen LogP contribution < -0.4 is 5.32 Å². The topological polar surface area (TPSA) is 58.6 Å². The highest BCUT2D eigenvalue weighted by Gasteiger charge is 2.34. The number of hydrogen-bond donors (Lipinski definition) is 2. The van der Waals surface area contributed by atoms with Crippen molar-refractivity contribution in [3.05, 3.63) is 21.9 Å². The van der Waals surface area contributed by atoms with E-state index in [0.29, 0.717) is 31.6 Å². The van der Waals surface area contributed by atoms with Gasteiger partial charge < -0.3 is 15.2 Å². The molecule has 94 valence electrons. The molecule has 0 aliphatic carbocycles. The average Bonchev–Trinajstić information content (AvgIpc) is 2.77. The van der Waals surface area contributed by atoms with Gasteiger partial charge in [-0.3, -0.25) is 4.79 Å². The van der Waals surface area contributed by atoms with Crippen molar-refractivity contribution in [3.8, 4) is 0 Å². The number of amides is 1. The van der Waals surface area contributed by atoms with Gasteiger partial charge in [0.25, 0.3) is 5.91 Å². The predicted molar refractivity (Wildman–Crippen MR) is 66.4 cm³/mol. The molecule has 4 nitrogen and oxygen atoms in total. The van der Waals surface area contributed by atoms with Gasteiger partial charge in [0.15, 0.2) is 0 Å². The minimum Gasteiger partial charge on any atom is -0.394 e. The smallest absolute Gasteiger partial charge is 0.252 e. The molecule has 1 aromatic heterocycles. The lowest BCUT2D eigenvalue weighted by Crippen LogP contribution is -2.54. The summed E-state index contributed by atoms with van der Waals surface area (Å²) in [5.74, 6) is -0.0975. The molecule has 0 radical (unpaired) electrons. The monoisotopic (exact) mass is 255 g/mol. The van der Waals surface area contributed by atoms with Gasteiger partial charge in [-0.15, -0.1) is 0 Å². The summed E-state index contributed by atoms with van der Waals surface area (Å²) in [6.45, 7) is 3.05. The van der Waals surface area contributed by atoms with Crippen LogP contribution >= 0.6 is 11.3 Å². The van der Waals surface area contributed by atoms with Crippen LogP contribution in [0.2, 0.25) is 0 Å². The molecule has 0 bridgehead atoms. The van der Waals surface area contributed by atoms with E-state index in [9.17, 15) is 9.90 Å². The number of hydrogen-bond acceptors (Lipinski definition) is 4. The first-order chi connectivity index (χ1) is 8.17. The highest BCUT2D eigenvalue weighted by Crippen LogP contribution is 2.22. The molecule has 0 spiro atoms. The zero-order valence-electron chi connectivity index (χ0n) is 9.86. The van der Waals surface area contributed by atoms with Crippen molar-refractivity contribution >= 4 is 17.2 Å². The Balaban J connectivity index is 2.08. The number of aliphatic hydroxyl groups excluding tert-OH is 1. The van der Waals surface area contributed by atoms with Crippen molar-refractivity contribution in [3.63, 3.8) is 0 Å². The molecule has 1 fully saturated rings. The Morgan fingerprint density at radius 1 is 1.53 bits per heavy atom. The Morgan fingerprint density at radius 3 is 2.76 bits per heavy atom. The number of thiophene rings is 1. The first-order valence-electron chi connectivity index (χ1n) is 5.71. The Kier molecular flexibility index (Phi) is 3.81. The van der Waals surface area contributed by atoms with Crippen LogP contribution in [0.1, 0.15) is 28.8 Å². The van der Waals surface area contributed by atoms with Crippen LogP contribution in [0, 0.1) is 6.92 Å². The molecule has 1 saturated heterocycles. The molecule has 0 saturated carbocycles. The molecule has 0 unspecified atom stereocenters. The molecule has 2 N–H and O–H groups in total. The SMILES string of the molecule is Cc1cscc1C(=O)NC1(CO)CCOCC1. The lowest BCUT2D eigenvalue weighted by Gasteiger charge is -2.36. The van der Waals surface area contributed by atoms with Crippen molar-refractivity contribution < 1.29 is 14.6 Å². The molecule has 1 aliphatic heterocycles. The van der Waals surface area contributed by atoms with E-state index in [1.807, 2.05) is 17.7 Å². The van der Waals surface area contributed by atoms with Crippen LogP contribution in [0.4, 0.5) is 0 Å². The van der Waals surface area contributed by atoms with E-state index in [-0.39, 0.29) is 12.5 Å². The fourth-order valence-electron chi connectivity index (χ4n) is 1.99. The number of rotatable bonds is 3. The quantitative estimate of drug-likeness (QED) is 0.856.